The summed E-state index contributed by atoms with van der Waals surface area (Å²) < 4.78 is 1.77. The molecule has 0 bridgehead atoms. The largest absolute Gasteiger partial charge is 0.347 e. The predicted molar refractivity (Wildman–Crippen MR) is 117 cm³/mol. The number of piperidine rings is 1. The molecule has 2 aromatic carbocycles. The number of likely N-dealkylation sites (N-methyl/N-ethyl adjacent to an activating group) is 1. The van der Waals surface area contributed by atoms with Gasteiger partial charge in [-0.15, -0.1) is 0 Å². The average molecular weight is 429 g/mol. The molecule has 1 aliphatic heterocycles. The van der Waals surface area contributed by atoms with E-state index in [0.717, 1.165) is 42.9 Å². The van der Waals surface area contributed by atoms with Gasteiger partial charge in [0.1, 0.15) is 0 Å². The van der Waals surface area contributed by atoms with Crippen LogP contribution in [-0.4, -0.2) is 46.8 Å². The number of carbonyl (C=O) groups excluding carboxylic acids is 1. The van der Waals surface area contributed by atoms with Crippen molar-refractivity contribution in [2.24, 2.45) is 0 Å². The molecule has 5 nitrogen and oxygen atoms in total. The van der Waals surface area contributed by atoms with E-state index in [1.165, 1.54) is 0 Å². The highest BCUT2D eigenvalue weighted by atomic mass is 35.5. The molecule has 150 valence electrons. The molecule has 0 radical (unpaired) electrons. The maximum atomic E-state index is 12.9. The van der Waals surface area contributed by atoms with Crippen LogP contribution in [0.1, 0.15) is 23.3 Å². The molecular weight excluding hydrogens is 407 g/mol. The highest BCUT2D eigenvalue weighted by molar-refractivity contribution is 6.30. The third-order valence-electron chi connectivity index (χ3n) is 5.11. The van der Waals surface area contributed by atoms with Crippen LogP contribution in [0.3, 0.4) is 0 Å². The fraction of sp³-hybridized carbons (Fsp3) is 0.273. The Hall–Kier alpha value is -2.34. The SMILES string of the molecule is CN1CCCC(NC(=O)c2cc(-c3ccc(Cl)cc3)n(-c3ccc(Cl)cc3)n2)C1. The van der Waals surface area contributed by atoms with E-state index in [0.29, 0.717) is 15.7 Å². The topological polar surface area (TPSA) is 50.2 Å². The van der Waals surface area contributed by atoms with Gasteiger partial charge in [-0.25, -0.2) is 4.68 Å². The molecule has 1 saturated heterocycles. The first kappa shape index (κ1) is 20.0. The monoisotopic (exact) mass is 428 g/mol. The molecule has 1 atom stereocenters. The molecule has 1 amide bonds. The van der Waals surface area contributed by atoms with Crippen molar-refractivity contribution < 1.29 is 4.79 Å². The molecule has 4 rings (SSSR count). The van der Waals surface area contributed by atoms with E-state index < -0.39 is 0 Å². The number of benzene rings is 2. The lowest BCUT2D eigenvalue weighted by atomic mass is 10.1. The van der Waals surface area contributed by atoms with Gasteiger partial charge in [0.2, 0.25) is 0 Å². The third kappa shape index (κ3) is 4.64. The molecule has 3 aromatic rings. The summed E-state index contributed by atoms with van der Waals surface area (Å²) in [5, 5.41) is 9.04. The Balaban J connectivity index is 1.68. The Kier molecular flexibility index (Phi) is 5.90. The van der Waals surface area contributed by atoms with E-state index in [1.807, 2.05) is 54.6 Å². The van der Waals surface area contributed by atoms with Crippen LogP contribution < -0.4 is 5.32 Å². The van der Waals surface area contributed by atoms with Gasteiger partial charge < -0.3 is 10.2 Å². The van der Waals surface area contributed by atoms with Crippen molar-refractivity contribution in [2.45, 2.75) is 18.9 Å². The number of nitrogens with zero attached hydrogens (tertiary/aromatic N) is 3. The molecule has 1 aromatic heterocycles. The van der Waals surface area contributed by atoms with Crippen molar-refractivity contribution in [2.75, 3.05) is 20.1 Å². The first-order valence-corrected chi connectivity index (χ1v) is 10.4. The van der Waals surface area contributed by atoms with Gasteiger partial charge >= 0.3 is 0 Å². The Morgan fingerprint density at radius 1 is 1.07 bits per heavy atom. The van der Waals surface area contributed by atoms with Crippen LogP contribution in [0.25, 0.3) is 16.9 Å². The van der Waals surface area contributed by atoms with Crippen LogP contribution in [0.15, 0.2) is 54.6 Å². The van der Waals surface area contributed by atoms with Crippen LogP contribution in [0.5, 0.6) is 0 Å². The molecular formula is C22H22Cl2N4O. The van der Waals surface area contributed by atoms with Crippen molar-refractivity contribution in [3.8, 4) is 16.9 Å². The first-order chi connectivity index (χ1) is 14.0. The summed E-state index contributed by atoms with van der Waals surface area (Å²) >= 11 is 12.1. The Labute approximate surface area is 180 Å². The Morgan fingerprint density at radius 3 is 2.38 bits per heavy atom. The van der Waals surface area contributed by atoms with Crippen LogP contribution in [0.4, 0.5) is 0 Å². The predicted octanol–water partition coefficient (Wildman–Crippen LogP) is 4.67. The lowest BCUT2D eigenvalue weighted by Crippen LogP contribution is -2.46. The van der Waals surface area contributed by atoms with Crippen LogP contribution in [-0.2, 0) is 0 Å². The first-order valence-electron chi connectivity index (χ1n) is 9.61. The lowest BCUT2D eigenvalue weighted by molar-refractivity contribution is 0.0907. The summed E-state index contributed by atoms with van der Waals surface area (Å²) in [5.41, 5.74) is 2.96. The molecule has 0 aliphatic carbocycles. The number of aromatic nitrogens is 2. The van der Waals surface area contributed by atoms with Crippen molar-refractivity contribution in [1.29, 1.82) is 0 Å². The van der Waals surface area contributed by atoms with Gasteiger partial charge in [-0.3, -0.25) is 4.79 Å². The normalized spacial score (nSPS) is 17.3. The zero-order chi connectivity index (χ0) is 20.4. The van der Waals surface area contributed by atoms with Gasteiger partial charge in [-0.2, -0.15) is 5.10 Å². The second-order valence-electron chi connectivity index (χ2n) is 7.38. The van der Waals surface area contributed by atoms with E-state index in [2.05, 4.69) is 22.4 Å². The van der Waals surface area contributed by atoms with Gasteiger partial charge in [0.25, 0.3) is 5.91 Å². The van der Waals surface area contributed by atoms with Crippen LogP contribution >= 0.6 is 23.2 Å². The molecule has 1 fully saturated rings. The van der Waals surface area contributed by atoms with E-state index in [-0.39, 0.29) is 11.9 Å². The third-order valence-corrected chi connectivity index (χ3v) is 5.62. The van der Waals surface area contributed by atoms with E-state index >= 15 is 0 Å². The van der Waals surface area contributed by atoms with Crippen molar-refractivity contribution in [1.82, 2.24) is 20.0 Å². The van der Waals surface area contributed by atoms with Gasteiger partial charge in [0.15, 0.2) is 5.69 Å². The molecule has 7 heteroatoms. The van der Waals surface area contributed by atoms with Gasteiger partial charge in [0.05, 0.1) is 11.4 Å². The molecule has 1 N–H and O–H groups in total. The maximum absolute atomic E-state index is 12.9. The maximum Gasteiger partial charge on any atom is 0.272 e. The second-order valence-corrected chi connectivity index (χ2v) is 8.26. The van der Waals surface area contributed by atoms with Crippen LogP contribution in [0, 0.1) is 0 Å². The lowest BCUT2D eigenvalue weighted by Gasteiger charge is -2.29. The van der Waals surface area contributed by atoms with E-state index in [9.17, 15) is 4.79 Å². The minimum absolute atomic E-state index is 0.140. The van der Waals surface area contributed by atoms with Crippen molar-refractivity contribution >= 4 is 29.1 Å². The van der Waals surface area contributed by atoms with Crippen molar-refractivity contribution in [3.63, 3.8) is 0 Å². The minimum Gasteiger partial charge on any atom is -0.347 e. The summed E-state index contributed by atoms with van der Waals surface area (Å²) in [6.45, 7) is 1.92. The van der Waals surface area contributed by atoms with Gasteiger partial charge in [0, 0.05) is 28.2 Å². The second kappa shape index (κ2) is 8.57. The number of amides is 1. The molecule has 0 saturated carbocycles. The fourth-order valence-electron chi connectivity index (χ4n) is 3.64. The summed E-state index contributed by atoms with van der Waals surface area (Å²) in [6, 6.07) is 16.8. The van der Waals surface area contributed by atoms with Gasteiger partial charge in [-0.05, 0) is 68.9 Å². The fourth-order valence-corrected chi connectivity index (χ4v) is 3.89. The average Bonchev–Trinajstić information content (AvgIpc) is 3.15. The molecule has 1 aliphatic rings. The highest BCUT2D eigenvalue weighted by Gasteiger charge is 2.22. The molecule has 29 heavy (non-hydrogen) atoms. The van der Waals surface area contributed by atoms with Gasteiger partial charge in [-0.1, -0.05) is 35.3 Å². The summed E-state index contributed by atoms with van der Waals surface area (Å²) in [6.07, 6.45) is 2.06. The Bertz CT molecular complexity index is 936. The van der Waals surface area contributed by atoms with E-state index in [4.69, 9.17) is 23.2 Å². The standard InChI is InChI=1S/C22H22Cl2N4O/c1-27-12-2-3-18(14-27)25-22(29)20-13-21(15-4-6-16(23)7-5-15)28(26-20)19-10-8-17(24)9-11-19/h4-11,13,18H,2-3,12,14H2,1H3,(H,25,29). The zero-order valence-corrected chi connectivity index (χ0v) is 17.6. The quantitative estimate of drug-likeness (QED) is 0.656. The number of likely N-dealkylation sites (tertiary alicyclic amines) is 1. The molecule has 1 unspecified atom stereocenters. The zero-order valence-electron chi connectivity index (χ0n) is 16.1. The number of hydrogen-bond donors (Lipinski definition) is 1. The van der Waals surface area contributed by atoms with E-state index in [1.54, 1.807) is 4.68 Å². The molecule has 0 spiro atoms. The summed E-state index contributed by atoms with van der Waals surface area (Å²) in [4.78, 5) is 15.1. The number of halogens is 2. The molecule has 2 heterocycles. The number of carbonyl (C=O) groups is 1. The minimum atomic E-state index is -0.159. The highest BCUT2D eigenvalue weighted by Crippen LogP contribution is 2.26. The number of hydrogen-bond acceptors (Lipinski definition) is 3. The number of rotatable bonds is 4. The van der Waals surface area contributed by atoms with Crippen LogP contribution in [0.2, 0.25) is 10.0 Å². The van der Waals surface area contributed by atoms with Crippen molar-refractivity contribution in [3.05, 3.63) is 70.3 Å². The Morgan fingerprint density at radius 2 is 1.72 bits per heavy atom. The summed E-state index contributed by atoms with van der Waals surface area (Å²) in [5.74, 6) is -0.159. The summed E-state index contributed by atoms with van der Waals surface area (Å²) in [7, 11) is 2.08. The number of nitrogens with one attached hydrogen (secondary N) is 1. The smallest absolute Gasteiger partial charge is 0.272 e.